The van der Waals surface area contributed by atoms with Gasteiger partial charge in [-0.1, -0.05) is 0 Å². The number of rotatable bonds is 16. The molecule has 5 aromatic rings. The molecule has 6 aliphatic rings. The summed E-state index contributed by atoms with van der Waals surface area (Å²) in [6, 6.07) is 3.75. The summed E-state index contributed by atoms with van der Waals surface area (Å²) in [5.41, 5.74) is 4.41. The van der Waals surface area contributed by atoms with Crippen LogP contribution in [0.4, 0.5) is 41.6 Å². The molecular weight excluding hydrogens is 985 g/mol. The second-order valence-corrected chi connectivity index (χ2v) is 18.6. The summed E-state index contributed by atoms with van der Waals surface area (Å²) >= 11 is 0. The Kier molecular flexibility index (Phi) is 16.1. The van der Waals surface area contributed by atoms with Gasteiger partial charge in [-0.25, -0.2) is 43.3 Å². The zero-order valence-corrected chi connectivity index (χ0v) is 41.0. The molecule has 0 bridgehead atoms. The molecule has 4 aromatic heterocycles. The second-order valence-electron chi connectivity index (χ2n) is 18.6. The van der Waals surface area contributed by atoms with Crippen molar-refractivity contribution < 1.29 is 61.5 Å². The van der Waals surface area contributed by atoms with E-state index in [-0.39, 0.29) is 103 Å². The Labute approximate surface area is 427 Å². The summed E-state index contributed by atoms with van der Waals surface area (Å²) in [6.45, 7) is 6.64. The van der Waals surface area contributed by atoms with E-state index in [0.29, 0.717) is 70.0 Å². The molecule has 0 spiro atoms. The molecule has 8 heterocycles. The van der Waals surface area contributed by atoms with Crippen LogP contribution in [0.5, 0.6) is 17.5 Å². The molecule has 11 rings (SSSR count). The number of nitrogens with zero attached hydrogens (tertiary/aromatic N) is 9. The number of nitrogens with one attached hydrogen (secondary N) is 4. The van der Waals surface area contributed by atoms with Crippen molar-refractivity contribution in [1.82, 2.24) is 45.1 Å². The minimum absolute atomic E-state index is 0.112. The van der Waals surface area contributed by atoms with Crippen LogP contribution in [-0.2, 0) is 56.1 Å². The largest absolute Gasteiger partial charge is 0.492 e. The van der Waals surface area contributed by atoms with E-state index >= 15 is 0 Å². The summed E-state index contributed by atoms with van der Waals surface area (Å²) in [7, 11) is 0. The number of pyridine rings is 1. The predicted molar refractivity (Wildman–Crippen MR) is 261 cm³/mol. The number of aromatic nitrogens is 7. The van der Waals surface area contributed by atoms with Crippen LogP contribution in [0.15, 0.2) is 49.4 Å². The van der Waals surface area contributed by atoms with Crippen molar-refractivity contribution in [3.8, 4) is 17.5 Å². The minimum Gasteiger partial charge on any atom is -0.492 e. The molecule has 2 aliphatic carbocycles. The lowest BCUT2D eigenvalue weighted by atomic mass is 10.1. The van der Waals surface area contributed by atoms with Gasteiger partial charge in [-0.05, 0) is 106 Å². The normalized spacial score (nSPS) is 20.3. The second kappa shape index (κ2) is 23.4. The molecule has 1 aromatic carbocycles. The van der Waals surface area contributed by atoms with Crippen molar-refractivity contribution >= 4 is 53.7 Å². The highest BCUT2D eigenvalue weighted by molar-refractivity contribution is 5.95. The van der Waals surface area contributed by atoms with Crippen LogP contribution in [-0.4, -0.2) is 140 Å². The zero-order chi connectivity index (χ0) is 52.6. The number of aryl methyl sites for hydroxylation is 1. The fraction of sp³-hybridized carbons (Fsp3) is 0.449. The van der Waals surface area contributed by atoms with Gasteiger partial charge < -0.3 is 54.6 Å². The molecule has 5 N–H and O–H groups in total. The first-order valence-corrected chi connectivity index (χ1v) is 24.4. The number of halogens is 2. The van der Waals surface area contributed by atoms with Crippen LogP contribution in [0.1, 0.15) is 54.1 Å². The molecule has 5 atom stereocenters. The Morgan fingerprint density at radius 2 is 1.48 bits per heavy atom. The van der Waals surface area contributed by atoms with E-state index in [4.69, 9.17) is 33.6 Å². The Hall–Kier alpha value is -8.13. The number of ether oxygens (including phenoxy) is 5. The molecule has 75 heavy (non-hydrogen) atoms. The first kappa shape index (κ1) is 51.8. The van der Waals surface area contributed by atoms with E-state index in [1.54, 1.807) is 12.5 Å². The van der Waals surface area contributed by atoms with Gasteiger partial charge in [0.05, 0.1) is 44.6 Å². The summed E-state index contributed by atoms with van der Waals surface area (Å²) in [6.07, 6.45) is 12.8. The number of carbonyl (C=O) groups is 5. The van der Waals surface area contributed by atoms with E-state index < -0.39 is 12.2 Å². The highest BCUT2D eigenvalue weighted by Crippen LogP contribution is 2.34. The average molecular weight is 1040 g/mol. The maximum atomic E-state index is 14.7. The number of benzene rings is 1. The van der Waals surface area contributed by atoms with E-state index in [2.05, 4.69) is 58.1 Å². The third kappa shape index (κ3) is 12.6. The van der Waals surface area contributed by atoms with Crippen molar-refractivity contribution in [3.05, 3.63) is 89.0 Å². The van der Waals surface area contributed by atoms with Gasteiger partial charge in [0.25, 0.3) is 30.0 Å². The molecule has 5 unspecified atom stereocenters. The van der Waals surface area contributed by atoms with Crippen LogP contribution in [0.25, 0.3) is 0 Å². The SMILES string of the molecule is Cc1ncc(F)c2c1CC(NC(C)CCC1CN(c3cnc4c(n3)NC(=O)CO4)C(=O)O1)C2.O=C1COc2ncc(N3CC(CCNCC4Cc5cc(OCCn6ccnc6)cc(F)c5C4)OC3=O)nc2N1.O=CO. The summed E-state index contributed by atoms with van der Waals surface area (Å²) < 4.78 is 57.9. The molecule has 24 nitrogen and oxygen atoms in total. The topological polar surface area (TPSA) is 289 Å². The number of cyclic esters (lactones) is 2. The molecule has 0 radical (unpaired) electrons. The maximum absolute atomic E-state index is 14.7. The Morgan fingerprint density at radius 3 is 2.11 bits per heavy atom. The average Bonchev–Trinajstić information content (AvgIpc) is 4.26. The lowest BCUT2D eigenvalue weighted by Crippen LogP contribution is -2.37. The number of anilines is 4. The number of fused-ring (bicyclic) bond motifs is 4. The van der Waals surface area contributed by atoms with Crippen molar-refractivity contribution in [3.63, 3.8) is 0 Å². The van der Waals surface area contributed by atoms with Gasteiger partial charge in [0.15, 0.2) is 36.5 Å². The van der Waals surface area contributed by atoms with E-state index in [1.807, 2.05) is 23.8 Å². The first-order chi connectivity index (χ1) is 36.3. The highest BCUT2D eigenvalue weighted by Gasteiger charge is 2.37. The van der Waals surface area contributed by atoms with E-state index in [0.717, 1.165) is 53.8 Å². The smallest absolute Gasteiger partial charge is 0.415 e. The first-order valence-electron chi connectivity index (χ1n) is 24.4. The van der Waals surface area contributed by atoms with E-state index in [9.17, 15) is 28.0 Å². The quantitative estimate of drug-likeness (QED) is 0.0698. The summed E-state index contributed by atoms with van der Waals surface area (Å²) in [5, 5.41) is 19.1. The number of amides is 4. The Morgan fingerprint density at radius 1 is 0.840 bits per heavy atom. The third-order valence-corrected chi connectivity index (χ3v) is 13.3. The molecule has 26 heteroatoms. The van der Waals surface area contributed by atoms with Crippen LogP contribution < -0.4 is 45.3 Å². The number of hydrogen-bond donors (Lipinski definition) is 5. The zero-order valence-electron chi connectivity index (χ0n) is 41.0. The van der Waals surface area contributed by atoms with Gasteiger partial charge in [-0.2, -0.15) is 0 Å². The Bertz CT molecular complexity index is 2890. The lowest BCUT2D eigenvalue weighted by Gasteiger charge is -2.20. The number of hydrogen-bond acceptors (Lipinski definition) is 18. The van der Waals surface area contributed by atoms with Crippen molar-refractivity contribution in [2.45, 2.75) is 89.6 Å². The third-order valence-electron chi connectivity index (χ3n) is 13.3. The molecule has 4 aliphatic heterocycles. The predicted octanol–water partition coefficient (Wildman–Crippen LogP) is 3.54. The molecule has 2 fully saturated rings. The standard InChI is InChI=1S/C26H28FN7O5.C22H25FN6O4.CH2O2/c27-21-10-19(37-6-5-33-4-3-29-15-33)9-17-7-16(8-20(17)21)11-28-2-1-18-13-34(26(36)39-18)22-12-30-25-24(31-22)32-23(35)14-38-25;1-11(26-13-5-15-12(2)24-7-17(23)16(15)6-13)3-4-14-9-29(22(31)33-14)18-8-25-21-20(27-18)28-19(30)10-32-21;2-1-3/h3-4,9-10,12,15-16,18,28H,1-2,5-8,11,13-14H2,(H,31,32,35);7-8,11,13-14,26H,3-6,9-10H2,1-2H3,(H,27,28,30);1H,(H,2,3). The lowest BCUT2D eigenvalue weighted by molar-refractivity contribution is -0.123. The van der Waals surface area contributed by atoms with Crippen LogP contribution in [0.3, 0.4) is 0 Å². The van der Waals surface area contributed by atoms with Gasteiger partial charge in [0.2, 0.25) is 0 Å². The fourth-order valence-electron chi connectivity index (χ4n) is 9.69. The van der Waals surface area contributed by atoms with Gasteiger partial charge in [0, 0.05) is 36.2 Å². The van der Waals surface area contributed by atoms with Crippen LogP contribution in [0, 0.1) is 24.5 Å². The fourth-order valence-corrected chi connectivity index (χ4v) is 9.69. The highest BCUT2D eigenvalue weighted by atomic mass is 19.1. The molecule has 2 saturated heterocycles. The maximum Gasteiger partial charge on any atom is 0.415 e. The minimum atomic E-state index is -0.512. The van der Waals surface area contributed by atoms with Gasteiger partial charge >= 0.3 is 12.2 Å². The molecule has 396 valence electrons. The molecule has 4 amide bonds. The molecule has 0 saturated carbocycles. The molecular formula is C49H55F2N13O11. The van der Waals surface area contributed by atoms with Crippen molar-refractivity contribution in [2.75, 3.05) is 66.4 Å². The van der Waals surface area contributed by atoms with Gasteiger partial charge in [0.1, 0.15) is 36.2 Å². The van der Waals surface area contributed by atoms with Crippen molar-refractivity contribution in [2.24, 2.45) is 5.92 Å². The van der Waals surface area contributed by atoms with Gasteiger partial charge in [-0.3, -0.25) is 29.2 Å². The van der Waals surface area contributed by atoms with E-state index in [1.165, 1.54) is 34.5 Å². The van der Waals surface area contributed by atoms with Crippen LogP contribution >= 0.6 is 0 Å². The summed E-state index contributed by atoms with van der Waals surface area (Å²) in [4.78, 5) is 84.0. The van der Waals surface area contributed by atoms with Gasteiger partial charge in [-0.15, -0.1) is 0 Å². The number of carboxylic acid groups (broad SMARTS) is 1. The number of carbonyl (C=O) groups excluding carboxylic acids is 4. The van der Waals surface area contributed by atoms with Crippen molar-refractivity contribution in [1.29, 1.82) is 0 Å². The monoisotopic (exact) mass is 1040 g/mol. The van der Waals surface area contributed by atoms with Crippen LogP contribution in [0.2, 0.25) is 0 Å². The summed E-state index contributed by atoms with van der Waals surface area (Å²) in [5.74, 6) is 1.13. The Balaban J connectivity index is 0.000000177. The number of imidazole rings is 1.